The van der Waals surface area contributed by atoms with Gasteiger partial charge in [-0.2, -0.15) is 0 Å². The van der Waals surface area contributed by atoms with Gasteiger partial charge in [-0.05, 0) is 24.3 Å². The summed E-state index contributed by atoms with van der Waals surface area (Å²) in [5, 5.41) is 2.40. The standard InChI is InChI=1S/C15H11N3/c1-2-5-12-10(4-1)11-7-9-17-14(11)15(18-12)13-6-3-8-16-13/h1-9,16-17H. The zero-order valence-electron chi connectivity index (χ0n) is 9.64. The number of nitrogens with one attached hydrogen (secondary N) is 2. The van der Waals surface area contributed by atoms with Crippen molar-refractivity contribution in [3.63, 3.8) is 0 Å². The van der Waals surface area contributed by atoms with E-state index in [0.717, 1.165) is 22.4 Å². The van der Waals surface area contributed by atoms with E-state index in [9.17, 15) is 0 Å². The number of rotatable bonds is 1. The molecule has 2 N–H and O–H groups in total. The van der Waals surface area contributed by atoms with Crippen LogP contribution in [0.2, 0.25) is 0 Å². The summed E-state index contributed by atoms with van der Waals surface area (Å²) in [5.74, 6) is 0. The minimum absolute atomic E-state index is 0.971. The molecule has 0 saturated heterocycles. The van der Waals surface area contributed by atoms with Gasteiger partial charge in [-0.3, -0.25) is 0 Å². The molecule has 3 heterocycles. The van der Waals surface area contributed by atoms with Crippen molar-refractivity contribution in [2.24, 2.45) is 0 Å². The maximum Gasteiger partial charge on any atom is 0.111 e. The molecular weight excluding hydrogens is 222 g/mol. The van der Waals surface area contributed by atoms with Crippen molar-refractivity contribution >= 4 is 21.8 Å². The fourth-order valence-electron chi connectivity index (χ4n) is 2.44. The molecule has 3 nitrogen and oxygen atoms in total. The third-order valence-corrected chi connectivity index (χ3v) is 3.26. The molecule has 0 saturated carbocycles. The number of para-hydroxylation sites is 1. The van der Waals surface area contributed by atoms with Gasteiger partial charge in [-0.15, -0.1) is 0 Å². The van der Waals surface area contributed by atoms with Gasteiger partial charge in [0.1, 0.15) is 5.69 Å². The molecule has 0 atom stereocenters. The highest BCUT2D eigenvalue weighted by atomic mass is 14.8. The number of aromatic nitrogens is 3. The van der Waals surface area contributed by atoms with Gasteiger partial charge in [0, 0.05) is 23.2 Å². The van der Waals surface area contributed by atoms with Gasteiger partial charge < -0.3 is 9.97 Å². The van der Waals surface area contributed by atoms with Crippen LogP contribution in [0.4, 0.5) is 0 Å². The molecule has 3 heteroatoms. The number of benzene rings is 1. The maximum absolute atomic E-state index is 4.76. The highest BCUT2D eigenvalue weighted by Crippen LogP contribution is 2.30. The first-order valence-electron chi connectivity index (χ1n) is 5.93. The summed E-state index contributed by atoms with van der Waals surface area (Å²) in [7, 11) is 0. The first-order chi connectivity index (χ1) is 8.93. The van der Waals surface area contributed by atoms with Crippen molar-refractivity contribution in [2.45, 2.75) is 0 Å². The van der Waals surface area contributed by atoms with Crippen molar-refractivity contribution < 1.29 is 0 Å². The molecule has 0 radical (unpaired) electrons. The Kier molecular flexibility index (Phi) is 1.83. The minimum Gasteiger partial charge on any atom is -0.360 e. The number of H-pyrrole nitrogens is 2. The van der Waals surface area contributed by atoms with Crippen molar-refractivity contribution in [1.82, 2.24) is 15.0 Å². The van der Waals surface area contributed by atoms with E-state index in [1.165, 1.54) is 10.8 Å². The van der Waals surface area contributed by atoms with Crippen molar-refractivity contribution in [3.05, 3.63) is 54.9 Å². The van der Waals surface area contributed by atoms with Crippen LogP contribution in [0.25, 0.3) is 33.2 Å². The number of pyridine rings is 1. The Morgan fingerprint density at radius 2 is 1.72 bits per heavy atom. The monoisotopic (exact) mass is 233 g/mol. The van der Waals surface area contributed by atoms with Gasteiger partial charge in [-0.1, -0.05) is 18.2 Å². The van der Waals surface area contributed by atoms with E-state index in [1.807, 2.05) is 42.7 Å². The van der Waals surface area contributed by atoms with Crippen LogP contribution in [0.5, 0.6) is 0 Å². The second kappa shape index (κ2) is 3.47. The molecule has 3 aromatic heterocycles. The molecule has 0 aliphatic carbocycles. The van der Waals surface area contributed by atoms with Crippen molar-refractivity contribution in [2.75, 3.05) is 0 Å². The smallest absolute Gasteiger partial charge is 0.111 e. The SMILES string of the molecule is c1c[nH]c(-c2nc3ccccc3c3cc[nH]c23)c1. The zero-order valence-corrected chi connectivity index (χ0v) is 9.64. The van der Waals surface area contributed by atoms with E-state index in [0.29, 0.717) is 0 Å². The molecule has 4 rings (SSSR count). The summed E-state index contributed by atoms with van der Waals surface area (Å²) in [5.41, 5.74) is 4.11. The molecule has 4 aromatic rings. The van der Waals surface area contributed by atoms with Crippen molar-refractivity contribution in [1.29, 1.82) is 0 Å². The molecule has 86 valence electrons. The number of fused-ring (bicyclic) bond motifs is 3. The highest BCUT2D eigenvalue weighted by molar-refractivity contribution is 6.09. The lowest BCUT2D eigenvalue weighted by Crippen LogP contribution is -1.88. The van der Waals surface area contributed by atoms with E-state index >= 15 is 0 Å². The van der Waals surface area contributed by atoms with Gasteiger partial charge in [-0.25, -0.2) is 4.98 Å². The van der Waals surface area contributed by atoms with Crippen LogP contribution >= 0.6 is 0 Å². The molecule has 1 aromatic carbocycles. The summed E-state index contributed by atoms with van der Waals surface area (Å²) in [6.07, 6.45) is 3.88. The molecule has 0 aliphatic heterocycles. The van der Waals surface area contributed by atoms with Crippen LogP contribution in [0.3, 0.4) is 0 Å². The molecule has 0 spiro atoms. The Morgan fingerprint density at radius 1 is 0.778 bits per heavy atom. The maximum atomic E-state index is 4.76. The summed E-state index contributed by atoms with van der Waals surface area (Å²) in [6.45, 7) is 0. The van der Waals surface area contributed by atoms with E-state index in [1.54, 1.807) is 0 Å². The topological polar surface area (TPSA) is 44.5 Å². The lowest BCUT2D eigenvalue weighted by atomic mass is 10.1. The molecule has 0 fully saturated rings. The predicted molar refractivity (Wildman–Crippen MR) is 73.4 cm³/mol. The van der Waals surface area contributed by atoms with Gasteiger partial charge in [0.15, 0.2) is 0 Å². The molecule has 0 amide bonds. The molecule has 0 bridgehead atoms. The molecular formula is C15H11N3. The second-order valence-corrected chi connectivity index (χ2v) is 4.33. The summed E-state index contributed by atoms with van der Waals surface area (Å²) in [4.78, 5) is 11.3. The average Bonchev–Trinajstić information content (AvgIpc) is 3.09. The van der Waals surface area contributed by atoms with Crippen LogP contribution in [0.15, 0.2) is 54.9 Å². The largest absolute Gasteiger partial charge is 0.360 e. The number of hydrogen-bond acceptors (Lipinski definition) is 1. The quantitative estimate of drug-likeness (QED) is 0.517. The van der Waals surface area contributed by atoms with Gasteiger partial charge in [0.25, 0.3) is 0 Å². The number of nitrogens with zero attached hydrogens (tertiary/aromatic N) is 1. The Bertz CT molecular complexity index is 825. The van der Waals surface area contributed by atoms with Gasteiger partial charge >= 0.3 is 0 Å². The van der Waals surface area contributed by atoms with Crippen LogP contribution in [-0.4, -0.2) is 15.0 Å². The van der Waals surface area contributed by atoms with Crippen LogP contribution < -0.4 is 0 Å². The zero-order chi connectivity index (χ0) is 11.9. The third-order valence-electron chi connectivity index (χ3n) is 3.26. The normalized spacial score (nSPS) is 11.3. The first-order valence-corrected chi connectivity index (χ1v) is 5.93. The molecule has 18 heavy (non-hydrogen) atoms. The average molecular weight is 233 g/mol. The van der Waals surface area contributed by atoms with E-state index < -0.39 is 0 Å². The predicted octanol–water partition coefficient (Wildman–Crippen LogP) is 3.71. The molecule has 0 unspecified atom stereocenters. The number of aromatic amines is 2. The summed E-state index contributed by atoms with van der Waals surface area (Å²) in [6, 6.07) is 14.4. The third kappa shape index (κ3) is 1.21. The van der Waals surface area contributed by atoms with Crippen molar-refractivity contribution in [3.8, 4) is 11.4 Å². The second-order valence-electron chi connectivity index (χ2n) is 4.33. The van der Waals surface area contributed by atoms with E-state index in [2.05, 4.69) is 22.1 Å². The summed E-state index contributed by atoms with van der Waals surface area (Å²) >= 11 is 0. The Morgan fingerprint density at radius 3 is 2.61 bits per heavy atom. The number of hydrogen-bond donors (Lipinski definition) is 2. The highest BCUT2D eigenvalue weighted by Gasteiger charge is 2.10. The van der Waals surface area contributed by atoms with E-state index in [-0.39, 0.29) is 0 Å². The van der Waals surface area contributed by atoms with E-state index in [4.69, 9.17) is 4.98 Å². The van der Waals surface area contributed by atoms with Gasteiger partial charge in [0.2, 0.25) is 0 Å². The first kappa shape index (κ1) is 9.48. The summed E-state index contributed by atoms with van der Waals surface area (Å²) < 4.78 is 0. The lowest BCUT2D eigenvalue weighted by Gasteiger charge is -2.04. The minimum atomic E-state index is 0.971. The Hall–Kier alpha value is -2.55. The van der Waals surface area contributed by atoms with Gasteiger partial charge in [0.05, 0.1) is 16.7 Å². The lowest BCUT2D eigenvalue weighted by molar-refractivity contribution is 1.32. The Balaban J connectivity index is 2.21. The van der Waals surface area contributed by atoms with Crippen LogP contribution in [-0.2, 0) is 0 Å². The van der Waals surface area contributed by atoms with Crippen LogP contribution in [0.1, 0.15) is 0 Å². The fourth-order valence-corrected chi connectivity index (χ4v) is 2.44. The fraction of sp³-hybridized carbons (Fsp3) is 0. The molecule has 0 aliphatic rings. The van der Waals surface area contributed by atoms with Crippen LogP contribution in [0, 0.1) is 0 Å². The Labute approximate surface area is 103 Å².